The predicted molar refractivity (Wildman–Crippen MR) is 50.5 cm³/mol. The van der Waals surface area contributed by atoms with E-state index in [1.807, 2.05) is 19.1 Å². The summed E-state index contributed by atoms with van der Waals surface area (Å²) in [5, 5.41) is 4.58. The van der Waals surface area contributed by atoms with E-state index in [9.17, 15) is 8.78 Å². The summed E-state index contributed by atoms with van der Waals surface area (Å²) in [7, 11) is 0. The van der Waals surface area contributed by atoms with E-state index in [2.05, 4.69) is 5.10 Å². The maximum Gasteiger partial charge on any atom is 0.333 e. The molecule has 0 unspecified atom stereocenters. The van der Waals surface area contributed by atoms with E-state index in [0.717, 1.165) is 15.6 Å². The van der Waals surface area contributed by atoms with Crippen LogP contribution in [0.3, 0.4) is 0 Å². The van der Waals surface area contributed by atoms with Gasteiger partial charge in [-0.25, -0.2) is 4.68 Å². The maximum atomic E-state index is 12.5. The number of hydrogen-bond acceptors (Lipinski definition) is 1. The molecule has 0 aliphatic rings. The Morgan fingerprint density at radius 1 is 1.29 bits per heavy atom. The van der Waals surface area contributed by atoms with Gasteiger partial charge in [-0.15, -0.1) is 0 Å². The third-order valence-electron chi connectivity index (χ3n) is 2.23. The number of halogens is 2. The number of nitrogens with zero attached hydrogens (tertiary/aromatic N) is 2. The SMILES string of the molecule is Cc1ccc2c(C)nn(C(F)F)c2c1. The van der Waals surface area contributed by atoms with Crippen LogP contribution in [0.25, 0.3) is 10.9 Å². The van der Waals surface area contributed by atoms with Gasteiger partial charge in [0, 0.05) is 5.39 Å². The quantitative estimate of drug-likeness (QED) is 0.685. The molecule has 14 heavy (non-hydrogen) atoms. The topological polar surface area (TPSA) is 17.8 Å². The van der Waals surface area contributed by atoms with E-state index in [1.165, 1.54) is 0 Å². The molecule has 2 nitrogen and oxygen atoms in total. The summed E-state index contributed by atoms with van der Waals surface area (Å²) < 4.78 is 25.8. The fourth-order valence-electron chi connectivity index (χ4n) is 1.56. The minimum Gasteiger partial charge on any atom is -0.203 e. The van der Waals surface area contributed by atoms with Crippen LogP contribution in [-0.4, -0.2) is 9.78 Å². The monoisotopic (exact) mass is 196 g/mol. The van der Waals surface area contributed by atoms with Gasteiger partial charge in [0.1, 0.15) is 0 Å². The number of fused-ring (bicyclic) bond motifs is 1. The van der Waals surface area contributed by atoms with Crippen molar-refractivity contribution in [2.24, 2.45) is 0 Å². The third kappa shape index (κ3) is 1.27. The van der Waals surface area contributed by atoms with Gasteiger partial charge >= 0.3 is 6.55 Å². The van der Waals surface area contributed by atoms with Crippen molar-refractivity contribution in [3.8, 4) is 0 Å². The summed E-state index contributed by atoms with van der Waals surface area (Å²) in [5.74, 6) is 0. The molecule has 0 N–H and O–H groups in total. The normalized spacial score (nSPS) is 11.5. The molecule has 0 aliphatic heterocycles. The smallest absolute Gasteiger partial charge is 0.203 e. The molecule has 4 heteroatoms. The predicted octanol–water partition coefficient (Wildman–Crippen LogP) is 3.05. The van der Waals surface area contributed by atoms with Crippen LogP contribution in [0.2, 0.25) is 0 Å². The van der Waals surface area contributed by atoms with Gasteiger partial charge in [-0.3, -0.25) is 0 Å². The number of aromatic nitrogens is 2. The maximum absolute atomic E-state index is 12.5. The Labute approximate surface area is 80.1 Å². The van der Waals surface area contributed by atoms with Crippen LogP contribution in [0.15, 0.2) is 18.2 Å². The van der Waals surface area contributed by atoms with Gasteiger partial charge in [0.05, 0.1) is 11.2 Å². The van der Waals surface area contributed by atoms with Crippen LogP contribution in [-0.2, 0) is 0 Å². The molecule has 1 aromatic carbocycles. The Bertz CT molecular complexity index is 474. The number of hydrogen-bond donors (Lipinski definition) is 0. The van der Waals surface area contributed by atoms with Crippen molar-refractivity contribution in [2.75, 3.05) is 0 Å². The highest BCUT2D eigenvalue weighted by Crippen LogP contribution is 2.23. The van der Waals surface area contributed by atoms with Crippen LogP contribution in [0, 0.1) is 13.8 Å². The Hall–Kier alpha value is -1.45. The first-order valence-electron chi connectivity index (χ1n) is 4.33. The van der Waals surface area contributed by atoms with Crippen molar-refractivity contribution >= 4 is 10.9 Å². The molecule has 2 aromatic rings. The largest absolute Gasteiger partial charge is 0.333 e. The molecule has 0 spiro atoms. The molecule has 0 atom stereocenters. The van der Waals surface area contributed by atoms with Crippen molar-refractivity contribution in [1.82, 2.24) is 9.78 Å². The molecule has 0 bridgehead atoms. The van der Waals surface area contributed by atoms with Gasteiger partial charge in [0.25, 0.3) is 0 Å². The lowest BCUT2D eigenvalue weighted by Crippen LogP contribution is -1.99. The molecular formula is C10H10F2N2. The Kier molecular flexibility index (Phi) is 1.98. The van der Waals surface area contributed by atoms with Crippen LogP contribution in [0.4, 0.5) is 8.78 Å². The second-order valence-electron chi connectivity index (χ2n) is 3.33. The summed E-state index contributed by atoms with van der Waals surface area (Å²) in [4.78, 5) is 0. The highest BCUT2D eigenvalue weighted by molar-refractivity contribution is 5.82. The molecule has 1 heterocycles. The standard InChI is InChI=1S/C10H10F2N2/c1-6-3-4-8-7(2)13-14(10(11)12)9(8)5-6/h3-5,10H,1-2H3. The molecule has 1 aromatic heterocycles. The summed E-state index contributed by atoms with van der Waals surface area (Å²) in [6, 6.07) is 5.44. The van der Waals surface area contributed by atoms with Gasteiger partial charge in [0.15, 0.2) is 0 Å². The summed E-state index contributed by atoms with van der Waals surface area (Å²) >= 11 is 0. The molecule has 0 amide bonds. The minimum atomic E-state index is -2.58. The number of alkyl halides is 2. The molecule has 74 valence electrons. The van der Waals surface area contributed by atoms with Crippen molar-refractivity contribution < 1.29 is 8.78 Å². The van der Waals surface area contributed by atoms with E-state index < -0.39 is 6.55 Å². The van der Waals surface area contributed by atoms with Crippen LogP contribution < -0.4 is 0 Å². The Balaban J connectivity index is 2.79. The fourth-order valence-corrected chi connectivity index (χ4v) is 1.56. The summed E-state index contributed by atoms with van der Waals surface area (Å²) in [6.07, 6.45) is 0. The van der Waals surface area contributed by atoms with E-state index in [4.69, 9.17) is 0 Å². The zero-order valence-corrected chi connectivity index (χ0v) is 7.96. The third-order valence-corrected chi connectivity index (χ3v) is 2.23. The first-order valence-corrected chi connectivity index (χ1v) is 4.33. The molecule has 2 rings (SSSR count). The summed E-state index contributed by atoms with van der Waals surface area (Å²) in [5.41, 5.74) is 2.09. The minimum absolute atomic E-state index is 0.498. The van der Waals surface area contributed by atoms with Crippen LogP contribution >= 0.6 is 0 Å². The van der Waals surface area contributed by atoms with Gasteiger partial charge in [-0.05, 0) is 25.5 Å². The summed E-state index contributed by atoms with van der Waals surface area (Å²) in [6.45, 7) is 1.03. The fraction of sp³-hybridized carbons (Fsp3) is 0.300. The lowest BCUT2D eigenvalue weighted by atomic mass is 10.1. The molecule has 0 aliphatic carbocycles. The number of rotatable bonds is 1. The second kappa shape index (κ2) is 3.04. The van der Waals surface area contributed by atoms with E-state index in [1.54, 1.807) is 13.0 Å². The van der Waals surface area contributed by atoms with Gasteiger partial charge in [-0.1, -0.05) is 12.1 Å². The lowest BCUT2D eigenvalue weighted by molar-refractivity contribution is 0.0612. The zero-order chi connectivity index (χ0) is 10.3. The molecule has 0 saturated carbocycles. The first kappa shape index (κ1) is 9.12. The number of benzene rings is 1. The molecule has 0 radical (unpaired) electrons. The van der Waals surface area contributed by atoms with Gasteiger partial charge in [-0.2, -0.15) is 13.9 Å². The van der Waals surface area contributed by atoms with E-state index in [0.29, 0.717) is 11.2 Å². The number of aryl methyl sites for hydroxylation is 2. The van der Waals surface area contributed by atoms with Crippen molar-refractivity contribution in [3.63, 3.8) is 0 Å². The Morgan fingerprint density at radius 3 is 2.64 bits per heavy atom. The Morgan fingerprint density at radius 2 is 2.00 bits per heavy atom. The second-order valence-corrected chi connectivity index (χ2v) is 3.33. The molecule has 0 saturated heterocycles. The van der Waals surface area contributed by atoms with E-state index in [-0.39, 0.29) is 0 Å². The molecular weight excluding hydrogens is 186 g/mol. The highest BCUT2D eigenvalue weighted by Gasteiger charge is 2.13. The van der Waals surface area contributed by atoms with Crippen molar-refractivity contribution in [3.05, 3.63) is 29.5 Å². The van der Waals surface area contributed by atoms with Crippen LogP contribution in [0.5, 0.6) is 0 Å². The molecule has 0 fully saturated rings. The van der Waals surface area contributed by atoms with Gasteiger partial charge in [0.2, 0.25) is 0 Å². The van der Waals surface area contributed by atoms with Crippen molar-refractivity contribution in [1.29, 1.82) is 0 Å². The average Bonchev–Trinajstić information content (AvgIpc) is 2.43. The van der Waals surface area contributed by atoms with Crippen molar-refractivity contribution in [2.45, 2.75) is 20.4 Å². The average molecular weight is 196 g/mol. The lowest BCUT2D eigenvalue weighted by Gasteiger charge is -2.00. The van der Waals surface area contributed by atoms with Gasteiger partial charge < -0.3 is 0 Å². The van der Waals surface area contributed by atoms with Crippen LogP contribution in [0.1, 0.15) is 17.8 Å². The first-order chi connectivity index (χ1) is 6.59. The highest BCUT2D eigenvalue weighted by atomic mass is 19.3. The van der Waals surface area contributed by atoms with E-state index >= 15 is 0 Å². The zero-order valence-electron chi connectivity index (χ0n) is 7.96.